The minimum absolute atomic E-state index is 0.0869. The highest BCUT2D eigenvalue weighted by molar-refractivity contribution is 7.92. The molecule has 0 aliphatic carbocycles. The second-order valence-electron chi connectivity index (χ2n) is 5.37. The predicted octanol–water partition coefficient (Wildman–Crippen LogP) is 2.70. The van der Waals surface area contributed by atoms with Crippen LogP contribution in [0.15, 0.2) is 53.4 Å². The fourth-order valence-corrected chi connectivity index (χ4v) is 3.40. The Bertz CT molecular complexity index is 916. The number of halogens is 1. The van der Waals surface area contributed by atoms with Crippen molar-refractivity contribution >= 4 is 39.1 Å². The van der Waals surface area contributed by atoms with Crippen LogP contribution in [-0.2, 0) is 14.8 Å². The number of benzene rings is 2. The van der Waals surface area contributed by atoms with Crippen LogP contribution in [0.4, 0.5) is 5.69 Å². The number of carbonyl (C=O) groups excluding carboxylic acids is 2. The fraction of sp³-hybridized carbons (Fsp3) is 0.176. The molecule has 7 nitrogen and oxygen atoms in total. The SMILES string of the molecule is CCCC(=O)NNC(=O)c1cccc(S(=O)(=O)Nc2ccccc2Cl)c1. The predicted molar refractivity (Wildman–Crippen MR) is 99.2 cm³/mol. The molecule has 2 rings (SSSR count). The van der Waals surface area contributed by atoms with Gasteiger partial charge in [0.15, 0.2) is 0 Å². The van der Waals surface area contributed by atoms with Gasteiger partial charge >= 0.3 is 0 Å². The standard InChI is InChI=1S/C17H18ClN3O4S/c1-2-6-16(22)19-20-17(23)12-7-5-8-13(11-12)26(24,25)21-15-10-4-3-9-14(15)18/h3-5,7-11,21H,2,6H2,1H3,(H,19,22)(H,20,23). The molecule has 0 fully saturated rings. The summed E-state index contributed by atoms with van der Waals surface area (Å²) in [5.74, 6) is -0.950. The van der Waals surface area contributed by atoms with Gasteiger partial charge in [0.1, 0.15) is 0 Å². The summed E-state index contributed by atoms with van der Waals surface area (Å²) in [6.45, 7) is 1.84. The van der Waals surface area contributed by atoms with Crippen molar-refractivity contribution in [1.82, 2.24) is 10.9 Å². The van der Waals surface area contributed by atoms with Crippen LogP contribution in [0.2, 0.25) is 5.02 Å². The number of carbonyl (C=O) groups is 2. The lowest BCUT2D eigenvalue weighted by atomic mass is 10.2. The van der Waals surface area contributed by atoms with Crippen molar-refractivity contribution in [3.63, 3.8) is 0 Å². The molecule has 0 bridgehead atoms. The Labute approximate surface area is 156 Å². The van der Waals surface area contributed by atoms with Crippen LogP contribution in [0.3, 0.4) is 0 Å². The van der Waals surface area contributed by atoms with Crippen LogP contribution in [0.5, 0.6) is 0 Å². The van der Waals surface area contributed by atoms with Gasteiger partial charge in [0.05, 0.1) is 15.6 Å². The second kappa shape index (κ2) is 8.68. The maximum Gasteiger partial charge on any atom is 0.269 e. The fourth-order valence-electron chi connectivity index (χ4n) is 2.04. The average molecular weight is 396 g/mol. The monoisotopic (exact) mass is 395 g/mol. The quantitative estimate of drug-likeness (QED) is 0.654. The van der Waals surface area contributed by atoms with Gasteiger partial charge in [-0.05, 0) is 36.8 Å². The number of sulfonamides is 1. The van der Waals surface area contributed by atoms with Crippen molar-refractivity contribution in [2.75, 3.05) is 4.72 Å². The van der Waals surface area contributed by atoms with Crippen LogP contribution in [0.1, 0.15) is 30.1 Å². The molecule has 0 heterocycles. The zero-order valence-corrected chi connectivity index (χ0v) is 15.5. The van der Waals surface area contributed by atoms with Crippen molar-refractivity contribution in [2.24, 2.45) is 0 Å². The first-order valence-electron chi connectivity index (χ1n) is 7.80. The first-order chi connectivity index (χ1) is 12.3. The van der Waals surface area contributed by atoms with E-state index >= 15 is 0 Å². The van der Waals surface area contributed by atoms with E-state index in [1.54, 1.807) is 18.2 Å². The first kappa shape index (κ1) is 19.7. The Morgan fingerprint density at radius 1 is 1.04 bits per heavy atom. The van der Waals surface area contributed by atoms with Crippen molar-refractivity contribution in [3.05, 3.63) is 59.1 Å². The van der Waals surface area contributed by atoms with E-state index in [-0.39, 0.29) is 33.5 Å². The molecule has 2 amide bonds. The summed E-state index contributed by atoms with van der Waals surface area (Å²) < 4.78 is 27.4. The van der Waals surface area contributed by atoms with Crippen LogP contribution >= 0.6 is 11.6 Å². The molecule has 0 spiro atoms. The highest BCUT2D eigenvalue weighted by atomic mass is 35.5. The highest BCUT2D eigenvalue weighted by Gasteiger charge is 2.17. The lowest BCUT2D eigenvalue weighted by Crippen LogP contribution is -2.41. The van der Waals surface area contributed by atoms with Gasteiger partial charge < -0.3 is 0 Å². The molecule has 0 radical (unpaired) electrons. The van der Waals surface area contributed by atoms with Gasteiger partial charge in [-0.15, -0.1) is 0 Å². The number of hydrogen-bond acceptors (Lipinski definition) is 4. The normalized spacial score (nSPS) is 10.8. The number of hydrogen-bond donors (Lipinski definition) is 3. The van der Waals surface area contributed by atoms with Crippen LogP contribution in [-0.4, -0.2) is 20.2 Å². The number of anilines is 1. The molecule has 26 heavy (non-hydrogen) atoms. The summed E-state index contributed by atoms with van der Waals surface area (Å²) in [6, 6.07) is 11.8. The van der Waals surface area contributed by atoms with E-state index in [1.165, 1.54) is 30.3 Å². The molecule has 138 valence electrons. The largest absolute Gasteiger partial charge is 0.278 e. The maximum absolute atomic E-state index is 12.5. The molecule has 3 N–H and O–H groups in total. The van der Waals surface area contributed by atoms with E-state index in [2.05, 4.69) is 15.6 Å². The van der Waals surface area contributed by atoms with Crippen LogP contribution < -0.4 is 15.6 Å². The van der Waals surface area contributed by atoms with Gasteiger partial charge in [0.2, 0.25) is 5.91 Å². The number of amides is 2. The Morgan fingerprint density at radius 3 is 2.46 bits per heavy atom. The average Bonchev–Trinajstić information content (AvgIpc) is 2.62. The summed E-state index contributed by atoms with van der Waals surface area (Å²) >= 11 is 5.96. The summed E-state index contributed by atoms with van der Waals surface area (Å²) in [5.41, 5.74) is 4.83. The molecule has 2 aromatic rings. The molecule has 0 aliphatic rings. The molecular formula is C17H18ClN3O4S. The van der Waals surface area contributed by atoms with E-state index in [0.717, 1.165) is 0 Å². The second-order valence-corrected chi connectivity index (χ2v) is 7.46. The molecule has 0 unspecified atom stereocenters. The van der Waals surface area contributed by atoms with Crippen molar-refractivity contribution in [2.45, 2.75) is 24.7 Å². The number of para-hydroxylation sites is 1. The van der Waals surface area contributed by atoms with Crippen molar-refractivity contribution < 1.29 is 18.0 Å². The lowest BCUT2D eigenvalue weighted by molar-refractivity contribution is -0.121. The number of rotatable bonds is 6. The van der Waals surface area contributed by atoms with Gasteiger partial charge in [0, 0.05) is 12.0 Å². The number of hydrazine groups is 1. The zero-order chi connectivity index (χ0) is 19.2. The van der Waals surface area contributed by atoms with Gasteiger partial charge in [-0.1, -0.05) is 36.7 Å². The highest BCUT2D eigenvalue weighted by Crippen LogP contribution is 2.24. The van der Waals surface area contributed by atoms with E-state index in [4.69, 9.17) is 11.6 Å². The molecule has 0 atom stereocenters. The summed E-state index contributed by atoms with van der Waals surface area (Å²) in [4.78, 5) is 23.4. The van der Waals surface area contributed by atoms with Gasteiger partial charge in [-0.2, -0.15) is 0 Å². The van der Waals surface area contributed by atoms with Crippen LogP contribution in [0, 0.1) is 0 Å². The Kier molecular flexibility index (Phi) is 6.59. The minimum atomic E-state index is -3.93. The molecule has 0 saturated heterocycles. The van der Waals surface area contributed by atoms with Crippen molar-refractivity contribution in [3.8, 4) is 0 Å². The molecule has 0 saturated carbocycles. The molecule has 0 aromatic heterocycles. The minimum Gasteiger partial charge on any atom is -0.278 e. The summed E-state index contributed by atoms with van der Waals surface area (Å²) in [5, 5.41) is 0.253. The summed E-state index contributed by atoms with van der Waals surface area (Å²) in [7, 11) is -3.93. The third-order valence-electron chi connectivity index (χ3n) is 3.32. The zero-order valence-electron chi connectivity index (χ0n) is 14.0. The van der Waals surface area contributed by atoms with Gasteiger partial charge in [0.25, 0.3) is 15.9 Å². The molecule has 2 aromatic carbocycles. The molecule has 0 aliphatic heterocycles. The van der Waals surface area contributed by atoms with E-state index in [9.17, 15) is 18.0 Å². The molecule has 9 heteroatoms. The smallest absolute Gasteiger partial charge is 0.269 e. The maximum atomic E-state index is 12.5. The first-order valence-corrected chi connectivity index (χ1v) is 9.66. The number of nitrogens with one attached hydrogen (secondary N) is 3. The van der Waals surface area contributed by atoms with E-state index in [1.807, 2.05) is 6.92 Å². The van der Waals surface area contributed by atoms with Crippen molar-refractivity contribution in [1.29, 1.82) is 0 Å². The summed E-state index contributed by atoms with van der Waals surface area (Å²) in [6.07, 6.45) is 0.916. The van der Waals surface area contributed by atoms with Gasteiger partial charge in [-0.3, -0.25) is 25.2 Å². The Balaban J connectivity index is 2.16. The van der Waals surface area contributed by atoms with Crippen LogP contribution in [0.25, 0.3) is 0 Å². The van der Waals surface area contributed by atoms with Gasteiger partial charge in [-0.25, -0.2) is 8.42 Å². The van der Waals surface area contributed by atoms with E-state index < -0.39 is 15.9 Å². The van der Waals surface area contributed by atoms with E-state index in [0.29, 0.717) is 6.42 Å². The third kappa shape index (κ3) is 5.21. The Hall–Kier alpha value is -2.58. The molecular weight excluding hydrogens is 378 g/mol. The lowest BCUT2D eigenvalue weighted by Gasteiger charge is -2.11. The topological polar surface area (TPSA) is 104 Å². The third-order valence-corrected chi connectivity index (χ3v) is 5.01. The Morgan fingerprint density at radius 2 is 1.77 bits per heavy atom.